The van der Waals surface area contributed by atoms with Gasteiger partial charge in [-0.15, -0.1) is 0 Å². The van der Waals surface area contributed by atoms with Crippen molar-refractivity contribution in [1.82, 2.24) is 0 Å². The third kappa shape index (κ3) is 19.4. The van der Waals surface area contributed by atoms with Crippen LogP contribution >= 0.6 is 0 Å². The first-order valence-corrected chi connectivity index (χ1v) is 12.6. The summed E-state index contributed by atoms with van der Waals surface area (Å²) in [5.74, 6) is 0.644. The minimum absolute atomic E-state index is 0.129. The smallest absolute Gasteiger partial charge is 0.305 e. The molecule has 0 aliphatic carbocycles. The predicted octanol–water partition coefficient (Wildman–Crippen LogP) is 5.16. The van der Waals surface area contributed by atoms with E-state index in [1.165, 1.54) is 44.9 Å². The first kappa shape index (κ1) is 29.2. The number of nitrogen functional groups attached to an aromatic ring is 1. The van der Waals surface area contributed by atoms with Gasteiger partial charge in [-0.2, -0.15) is 0 Å². The summed E-state index contributed by atoms with van der Waals surface area (Å²) in [6.07, 6.45) is 11.7. The number of hydrogen-bond acceptors (Lipinski definition) is 7. The fourth-order valence-corrected chi connectivity index (χ4v) is 3.19. The summed E-state index contributed by atoms with van der Waals surface area (Å²) >= 11 is 0. The van der Waals surface area contributed by atoms with Crippen LogP contribution in [0.5, 0.6) is 5.75 Å². The second kappa shape index (κ2) is 22.0. The first-order chi connectivity index (χ1) is 16.2. The Balaban J connectivity index is 1.74. The Labute approximate surface area is 200 Å². The molecule has 190 valence electrons. The van der Waals surface area contributed by atoms with Crippen LogP contribution in [0.3, 0.4) is 0 Å². The Hall–Kier alpha value is -1.83. The van der Waals surface area contributed by atoms with Crippen LogP contribution in [0.25, 0.3) is 0 Å². The molecule has 0 saturated carbocycles. The summed E-state index contributed by atoms with van der Waals surface area (Å²) in [6, 6.07) is 7.26. The Kier molecular flexibility index (Phi) is 19.5. The van der Waals surface area contributed by atoms with Crippen LogP contribution in [0.1, 0.15) is 71.1 Å². The number of nitrogens with two attached hydrogens (primary N) is 1. The van der Waals surface area contributed by atoms with Gasteiger partial charge in [-0.05, 0) is 30.7 Å². The molecule has 1 rings (SSSR count). The third-order valence-corrected chi connectivity index (χ3v) is 5.10. The second-order valence-corrected chi connectivity index (χ2v) is 8.05. The lowest BCUT2D eigenvalue weighted by Gasteiger charge is -2.09. The van der Waals surface area contributed by atoms with Crippen LogP contribution in [-0.2, 0) is 23.7 Å². The number of hydrogen-bond donors (Lipinski definition) is 1. The third-order valence-electron chi connectivity index (χ3n) is 5.10. The molecule has 0 amide bonds. The van der Waals surface area contributed by atoms with Crippen LogP contribution in [0, 0.1) is 0 Å². The molecule has 0 aliphatic heterocycles. The summed E-state index contributed by atoms with van der Waals surface area (Å²) in [5.41, 5.74) is 6.34. The zero-order valence-corrected chi connectivity index (χ0v) is 20.6. The molecule has 0 unspecified atom stereocenters. The van der Waals surface area contributed by atoms with Gasteiger partial charge in [0.2, 0.25) is 0 Å². The van der Waals surface area contributed by atoms with E-state index in [-0.39, 0.29) is 5.97 Å². The van der Waals surface area contributed by atoms with Gasteiger partial charge in [-0.25, -0.2) is 0 Å². The predicted molar refractivity (Wildman–Crippen MR) is 132 cm³/mol. The van der Waals surface area contributed by atoms with Crippen molar-refractivity contribution in [3.63, 3.8) is 0 Å². The lowest BCUT2D eigenvalue weighted by atomic mass is 10.1. The monoisotopic (exact) mass is 467 g/mol. The second-order valence-electron chi connectivity index (χ2n) is 8.05. The van der Waals surface area contributed by atoms with Gasteiger partial charge in [0.1, 0.15) is 19.0 Å². The zero-order valence-electron chi connectivity index (χ0n) is 20.6. The molecular formula is C26H45NO6. The Morgan fingerprint density at radius 1 is 0.667 bits per heavy atom. The van der Waals surface area contributed by atoms with E-state index in [1.807, 2.05) is 12.1 Å². The van der Waals surface area contributed by atoms with E-state index in [4.69, 9.17) is 29.4 Å². The normalized spacial score (nSPS) is 10.9. The maximum Gasteiger partial charge on any atom is 0.305 e. The summed E-state index contributed by atoms with van der Waals surface area (Å²) < 4.78 is 27.0. The van der Waals surface area contributed by atoms with E-state index in [2.05, 4.69) is 6.92 Å². The maximum atomic E-state index is 11.7. The minimum Gasteiger partial charge on any atom is -0.491 e. The van der Waals surface area contributed by atoms with Crippen molar-refractivity contribution in [2.45, 2.75) is 71.1 Å². The largest absolute Gasteiger partial charge is 0.491 e. The number of rotatable bonds is 23. The summed E-state index contributed by atoms with van der Waals surface area (Å²) in [6.45, 7) is 5.86. The molecule has 0 heterocycles. The Morgan fingerprint density at radius 2 is 1.15 bits per heavy atom. The van der Waals surface area contributed by atoms with E-state index >= 15 is 0 Å². The van der Waals surface area contributed by atoms with Crippen LogP contribution in [-0.4, -0.2) is 58.8 Å². The number of esters is 1. The number of unbranched alkanes of at least 4 members (excludes halogenated alkanes) is 8. The molecule has 0 aliphatic rings. The van der Waals surface area contributed by atoms with Crippen molar-refractivity contribution >= 4 is 11.7 Å². The topological polar surface area (TPSA) is 89.2 Å². The molecular weight excluding hydrogens is 422 g/mol. The van der Waals surface area contributed by atoms with Crippen molar-refractivity contribution in [1.29, 1.82) is 0 Å². The van der Waals surface area contributed by atoms with Crippen molar-refractivity contribution < 1.29 is 28.5 Å². The molecule has 0 bridgehead atoms. The standard InChI is InChI=1S/C26H45NO6/c1-2-3-4-5-6-7-8-9-10-11-26(28)33-23-21-31-19-17-29-16-18-30-20-22-32-25-14-12-24(27)13-15-25/h12-15H,2-11,16-23,27H2,1H3. The molecule has 7 nitrogen and oxygen atoms in total. The van der Waals surface area contributed by atoms with E-state index < -0.39 is 0 Å². The average Bonchev–Trinajstić information content (AvgIpc) is 2.82. The lowest BCUT2D eigenvalue weighted by Crippen LogP contribution is -2.14. The molecule has 0 radical (unpaired) electrons. The lowest BCUT2D eigenvalue weighted by molar-refractivity contribution is -0.145. The highest BCUT2D eigenvalue weighted by atomic mass is 16.6. The molecule has 1 aromatic carbocycles. The molecule has 0 aromatic heterocycles. The molecule has 0 spiro atoms. The Bertz CT molecular complexity index is 566. The number of ether oxygens (including phenoxy) is 5. The molecule has 2 N–H and O–H groups in total. The van der Waals surface area contributed by atoms with Gasteiger partial charge in [0.15, 0.2) is 0 Å². The summed E-state index contributed by atoms with van der Waals surface area (Å²) in [4.78, 5) is 11.7. The van der Waals surface area contributed by atoms with E-state index in [0.29, 0.717) is 65.0 Å². The van der Waals surface area contributed by atoms with E-state index in [1.54, 1.807) is 12.1 Å². The SMILES string of the molecule is CCCCCCCCCCCC(=O)OCCOCCOCCOCCOc1ccc(N)cc1. The highest BCUT2D eigenvalue weighted by molar-refractivity contribution is 5.69. The molecule has 0 atom stereocenters. The highest BCUT2D eigenvalue weighted by Gasteiger charge is 2.02. The number of carbonyl (C=O) groups excluding carboxylic acids is 1. The highest BCUT2D eigenvalue weighted by Crippen LogP contribution is 2.13. The van der Waals surface area contributed by atoms with Gasteiger partial charge in [-0.3, -0.25) is 4.79 Å². The first-order valence-electron chi connectivity index (χ1n) is 12.6. The van der Waals surface area contributed by atoms with Gasteiger partial charge >= 0.3 is 5.97 Å². The molecule has 33 heavy (non-hydrogen) atoms. The van der Waals surface area contributed by atoms with Crippen LogP contribution in [0.15, 0.2) is 24.3 Å². The van der Waals surface area contributed by atoms with Gasteiger partial charge in [-0.1, -0.05) is 58.3 Å². The van der Waals surface area contributed by atoms with E-state index in [0.717, 1.165) is 18.6 Å². The fourth-order valence-electron chi connectivity index (χ4n) is 3.19. The maximum absolute atomic E-state index is 11.7. The number of benzene rings is 1. The van der Waals surface area contributed by atoms with E-state index in [9.17, 15) is 4.79 Å². The van der Waals surface area contributed by atoms with Crippen molar-refractivity contribution in [3.8, 4) is 5.75 Å². The van der Waals surface area contributed by atoms with Crippen molar-refractivity contribution in [2.75, 3.05) is 58.6 Å². The van der Waals surface area contributed by atoms with Crippen LogP contribution < -0.4 is 10.5 Å². The summed E-state index contributed by atoms with van der Waals surface area (Å²) in [7, 11) is 0. The number of carbonyl (C=O) groups is 1. The average molecular weight is 468 g/mol. The molecule has 7 heteroatoms. The Morgan fingerprint density at radius 3 is 1.73 bits per heavy atom. The summed E-state index contributed by atoms with van der Waals surface area (Å²) in [5, 5.41) is 0. The molecule has 1 aromatic rings. The quantitative estimate of drug-likeness (QED) is 0.135. The number of anilines is 1. The van der Waals surface area contributed by atoms with Crippen LogP contribution in [0.2, 0.25) is 0 Å². The van der Waals surface area contributed by atoms with Gasteiger partial charge in [0, 0.05) is 12.1 Å². The van der Waals surface area contributed by atoms with Crippen molar-refractivity contribution in [2.24, 2.45) is 0 Å². The van der Waals surface area contributed by atoms with Crippen molar-refractivity contribution in [3.05, 3.63) is 24.3 Å². The fraction of sp³-hybridized carbons (Fsp3) is 0.731. The molecule has 0 fully saturated rings. The van der Waals surface area contributed by atoms with Gasteiger partial charge < -0.3 is 29.4 Å². The van der Waals surface area contributed by atoms with Gasteiger partial charge in [0.25, 0.3) is 0 Å². The minimum atomic E-state index is -0.129. The van der Waals surface area contributed by atoms with Gasteiger partial charge in [0.05, 0.1) is 39.6 Å². The van der Waals surface area contributed by atoms with Crippen LogP contribution in [0.4, 0.5) is 5.69 Å². The molecule has 0 saturated heterocycles. The zero-order chi connectivity index (χ0) is 23.8.